The number of nitrogens with zero attached hydrogens (tertiary/aromatic N) is 3. The number of hydrogen-bond acceptors (Lipinski definition) is 7. The van der Waals surface area contributed by atoms with Crippen LogP contribution in [-0.4, -0.2) is 77.5 Å². The van der Waals surface area contributed by atoms with Gasteiger partial charge < -0.3 is 34.4 Å². The Balaban J connectivity index is 1.38. The van der Waals surface area contributed by atoms with Crippen LogP contribution in [0.15, 0.2) is 60.8 Å². The Morgan fingerprint density at radius 3 is 2.69 bits per heavy atom. The van der Waals surface area contributed by atoms with Gasteiger partial charge in [-0.15, -0.1) is 0 Å². The Kier molecular flexibility index (Phi) is 7.56. The molecule has 10 heteroatoms. The molecular formula is C29H32N4O6. The zero-order valence-electron chi connectivity index (χ0n) is 22.2. The molecule has 204 valence electrons. The number of pyridine rings is 1. The van der Waals surface area contributed by atoms with Crippen molar-refractivity contribution in [3.63, 3.8) is 0 Å². The van der Waals surface area contributed by atoms with E-state index in [4.69, 9.17) is 14.2 Å². The molecule has 0 saturated carbocycles. The zero-order chi connectivity index (χ0) is 27.5. The van der Waals surface area contributed by atoms with Crippen molar-refractivity contribution in [1.29, 1.82) is 0 Å². The number of fused-ring (bicyclic) bond motifs is 2. The molecule has 0 bridgehead atoms. The highest BCUT2D eigenvalue weighted by molar-refractivity contribution is 5.98. The number of amides is 3. The molecule has 0 fully saturated rings. The number of aromatic nitrogens is 1. The van der Waals surface area contributed by atoms with E-state index in [1.165, 1.54) is 4.90 Å². The van der Waals surface area contributed by atoms with E-state index in [-0.39, 0.29) is 43.7 Å². The van der Waals surface area contributed by atoms with Crippen molar-refractivity contribution in [2.75, 3.05) is 38.9 Å². The average Bonchev–Trinajstić information content (AvgIpc) is 3.42. The molecular weight excluding hydrogens is 500 g/mol. The van der Waals surface area contributed by atoms with Crippen LogP contribution in [0.1, 0.15) is 24.2 Å². The number of benzene rings is 2. The number of nitrogens with one attached hydrogen (secondary N) is 1. The predicted molar refractivity (Wildman–Crippen MR) is 145 cm³/mol. The molecule has 3 aromatic rings. The molecule has 2 aliphatic rings. The number of carbonyl (C=O) groups excluding carboxylic acids is 2. The normalized spacial score (nSPS) is 18.9. The van der Waals surface area contributed by atoms with Crippen molar-refractivity contribution in [2.24, 2.45) is 5.92 Å². The molecule has 0 aliphatic carbocycles. The molecule has 2 aromatic carbocycles. The van der Waals surface area contributed by atoms with Crippen molar-refractivity contribution in [1.82, 2.24) is 14.8 Å². The minimum atomic E-state index is -0.465. The Morgan fingerprint density at radius 2 is 1.92 bits per heavy atom. The van der Waals surface area contributed by atoms with Gasteiger partial charge in [-0.05, 0) is 30.7 Å². The summed E-state index contributed by atoms with van der Waals surface area (Å²) in [5.74, 6) is 1.00. The first kappa shape index (κ1) is 26.3. The molecule has 3 atom stereocenters. The van der Waals surface area contributed by atoms with Crippen LogP contribution in [0.5, 0.6) is 17.4 Å². The second-order valence-electron chi connectivity index (χ2n) is 9.94. The number of ether oxygens (including phenoxy) is 3. The fourth-order valence-electron chi connectivity index (χ4n) is 4.65. The predicted octanol–water partition coefficient (Wildman–Crippen LogP) is 3.86. The Morgan fingerprint density at radius 1 is 1.15 bits per heavy atom. The summed E-state index contributed by atoms with van der Waals surface area (Å²) in [7, 11) is 1.68. The highest BCUT2D eigenvalue weighted by atomic mass is 16.7. The lowest BCUT2D eigenvalue weighted by Gasteiger charge is -2.37. The number of aliphatic hydroxyl groups excluding tert-OH is 1. The maximum atomic E-state index is 13.6. The second-order valence-corrected chi connectivity index (χ2v) is 9.94. The van der Waals surface area contributed by atoms with Gasteiger partial charge in [-0.2, -0.15) is 0 Å². The minimum absolute atomic E-state index is 0.153. The van der Waals surface area contributed by atoms with Gasteiger partial charge in [-0.1, -0.05) is 37.3 Å². The molecule has 2 aliphatic heterocycles. The molecule has 1 aromatic heterocycles. The lowest BCUT2D eigenvalue weighted by atomic mass is 9.99. The van der Waals surface area contributed by atoms with E-state index in [1.807, 2.05) is 37.3 Å². The average molecular weight is 533 g/mol. The minimum Gasteiger partial charge on any atom is -0.472 e. The van der Waals surface area contributed by atoms with Crippen molar-refractivity contribution in [3.8, 4) is 28.5 Å². The fourth-order valence-corrected chi connectivity index (χ4v) is 4.65. The van der Waals surface area contributed by atoms with Crippen molar-refractivity contribution < 1.29 is 28.9 Å². The summed E-state index contributed by atoms with van der Waals surface area (Å²) in [5.41, 5.74) is 2.61. The first-order chi connectivity index (χ1) is 18.8. The van der Waals surface area contributed by atoms with Gasteiger partial charge in [0, 0.05) is 43.0 Å². The number of likely N-dealkylation sites (N-methyl/N-ethyl adjacent to an activating group) is 1. The maximum absolute atomic E-state index is 13.6. The molecule has 2 N–H and O–H groups in total. The van der Waals surface area contributed by atoms with Crippen LogP contribution in [-0.2, 0) is 0 Å². The van der Waals surface area contributed by atoms with Crippen molar-refractivity contribution in [3.05, 3.63) is 66.4 Å². The van der Waals surface area contributed by atoms with Crippen LogP contribution in [0.2, 0.25) is 0 Å². The number of anilines is 1. The van der Waals surface area contributed by atoms with Gasteiger partial charge in [0.2, 0.25) is 12.7 Å². The molecule has 0 spiro atoms. The Hall–Kier alpha value is -4.31. The Labute approximate surface area is 227 Å². The van der Waals surface area contributed by atoms with Gasteiger partial charge >= 0.3 is 6.03 Å². The third kappa shape index (κ3) is 5.61. The third-order valence-corrected chi connectivity index (χ3v) is 7.05. The quantitative estimate of drug-likeness (QED) is 0.496. The first-order valence-corrected chi connectivity index (χ1v) is 12.9. The summed E-state index contributed by atoms with van der Waals surface area (Å²) in [4.78, 5) is 34.4. The van der Waals surface area contributed by atoms with Crippen LogP contribution in [0, 0.1) is 5.92 Å². The van der Waals surface area contributed by atoms with E-state index < -0.39 is 12.1 Å². The molecule has 5 rings (SSSR count). The number of urea groups is 1. The lowest BCUT2D eigenvalue weighted by molar-refractivity contribution is 0.0356. The summed E-state index contributed by atoms with van der Waals surface area (Å²) in [6.07, 6.45) is 1.22. The number of aliphatic hydroxyl groups is 1. The SMILES string of the molecule is C[C@H](CO)N1C[C@H](C)[C@H](CN(C)C(=O)Nc2ccc3c(c2)OCO3)Oc2ncc(-c3ccccc3)cc2C1=O. The van der Waals surface area contributed by atoms with Crippen molar-refractivity contribution in [2.45, 2.75) is 26.0 Å². The number of rotatable bonds is 6. The van der Waals surface area contributed by atoms with Gasteiger partial charge in [0.05, 0.1) is 19.2 Å². The molecule has 39 heavy (non-hydrogen) atoms. The molecule has 0 radical (unpaired) electrons. The van der Waals surface area contributed by atoms with Crippen molar-refractivity contribution >= 4 is 17.6 Å². The molecule has 3 heterocycles. The van der Waals surface area contributed by atoms with Crippen LogP contribution in [0.25, 0.3) is 11.1 Å². The zero-order valence-corrected chi connectivity index (χ0v) is 22.2. The largest absolute Gasteiger partial charge is 0.472 e. The van der Waals surface area contributed by atoms with E-state index in [0.29, 0.717) is 29.3 Å². The van der Waals surface area contributed by atoms with E-state index in [2.05, 4.69) is 10.3 Å². The summed E-state index contributed by atoms with van der Waals surface area (Å²) in [6, 6.07) is 15.9. The molecule has 0 unspecified atom stereocenters. The van der Waals surface area contributed by atoms with Crippen LogP contribution < -0.4 is 19.5 Å². The van der Waals surface area contributed by atoms with E-state index >= 15 is 0 Å². The summed E-state index contributed by atoms with van der Waals surface area (Å²) in [5, 5.41) is 12.8. The van der Waals surface area contributed by atoms with Gasteiger partial charge in [0.25, 0.3) is 5.91 Å². The summed E-state index contributed by atoms with van der Waals surface area (Å²) < 4.78 is 17.1. The number of hydrogen-bond donors (Lipinski definition) is 2. The first-order valence-electron chi connectivity index (χ1n) is 12.9. The third-order valence-electron chi connectivity index (χ3n) is 7.05. The fraction of sp³-hybridized carbons (Fsp3) is 0.345. The molecule has 10 nitrogen and oxygen atoms in total. The monoisotopic (exact) mass is 532 g/mol. The Bertz CT molecular complexity index is 1350. The van der Waals surface area contributed by atoms with Gasteiger partial charge in [0.15, 0.2) is 11.5 Å². The second kappa shape index (κ2) is 11.2. The standard InChI is InChI=1S/C29H32N4O6/c1-18-14-33(19(2)16-34)28(35)23-11-21(20-7-5-4-6-8-20)13-30-27(23)39-26(18)15-32(3)29(36)31-22-9-10-24-25(12-22)38-17-37-24/h4-13,18-19,26,34H,14-17H2,1-3H3,(H,31,36)/t18-,19+,26-/m0/s1. The van der Waals surface area contributed by atoms with Gasteiger partial charge in [-0.25, -0.2) is 9.78 Å². The summed E-state index contributed by atoms with van der Waals surface area (Å²) >= 11 is 0. The van der Waals surface area contributed by atoms with E-state index in [9.17, 15) is 14.7 Å². The highest BCUT2D eigenvalue weighted by Crippen LogP contribution is 2.34. The van der Waals surface area contributed by atoms with Gasteiger partial charge in [0.1, 0.15) is 11.7 Å². The maximum Gasteiger partial charge on any atom is 0.321 e. The van der Waals surface area contributed by atoms with E-state index in [1.54, 1.807) is 49.3 Å². The van der Waals surface area contributed by atoms with Gasteiger partial charge in [-0.3, -0.25) is 4.79 Å². The van der Waals surface area contributed by atoms with E-state index in [0.717, 1.165) is 11.1 Å². The smallest absolute Gasteiger partial charge is 0.321 e. The number of carbonyl (C=O) groups is 2. The topological polar surface area (TPSA) is 113 Å². The highest BCUT2D eigenvalue weighted by Gasteiger charge is 2.35. The van der Waals surface area contributed by atoms with Crippen LogP contribution in [0.3, 0.4) is 0 Å². The summed E-state index contributed by atoms with van der Waals surface area (Å²) in [6.45, 7) is 4.33. The molecule has 3 amide bonds. The lowest BCUT2D eigenvalue weighted by Crippen LogP contribution is -2.50. The van der Waals surface area contributed by atoms with Crippen LogP contribution in [0.4, 0.5) is 10.5 Å². The molecule has 0 saturated heterocycles. The van der Waals surface area contributed by atoms with Crippen LogP contribution >= 0.6 is 0 Å².